The Kier molecular flexibility index (Phi) is 6.60. The Morgan fingerprint density at radius 2 is 1.93 bits per heavy atom. The number of non-ortho nitro benzene ring substituents is 1. The van der Waals surface area contributed by atoms with Crippen molar-refractivity contribution in [3.63, 3.8) is 0 Å². The van der Waals surface area contributed by atoms with Gasteiger partial charge in [0.05, 0.1) is 21.7 Å². The minimum absolute atomic E-state index is 0.0380. The summed E-state index contributed by atoms with van der Waals surface area (Å²) >= 11 is 11.5. The van der Waals surface area contributed by atoms with E-state index in [0.717, 1.165) is 13.1 Å². The number of rotatable bonds is 6. The molecule has 0 radical (unpaired) electrons. The van der Waals surface area contributed by atoms with Crippen LogP contribution in [0.25, 0.3) is 0 Å². The number of benzene rings is 2. The average Bonchev–Trinajstić information content (AvgIpc) is 3.19. The Morgan fingerprint density at radius 3 is 2.59 bits per heavy atom. The predicted octanol–water partition coefficient (Wildman–Crippen LogP) is 4.37. The van der Waals surface area contributed by atoms with E-state index >= 15 is 0 Å². The maximum Gasteiger partial charge on any atom is 0.271 e. The minimum atomic E-state index is -0.462. The van der Waals surface area contributed by atoms with Gasteiger partial charge in [-0.1, -0.05) is 41.9 Å². The molecule has 142 valence electrons. The molecule has 1 aliphatic rings. The van der Waals surface area contributed by atoms with Gasteiger partial charge in [-0.2, -0.15) is 0 Å². The third kappa shape index (κ3) is 5.15. The number of nitro benzene ring substituents is 1. The molecule has 0 unspecified atom stereocenters. The van der Waals surface area contributed by atoms with Crippen LogP contribution in [-0.2, 0) is 0 Å². The van der Waals surface area contributed by atoms with E-state index in [4.69, 9.17) is 23.8 Å². The fraction of sp³-hybridized carbons (Fsp3) is 0.316. The number of nitro groups is 1. The van der Waals surface area contributed by atoms with Gasteiger partial charge in [-0.05, 0) is 49.8 Å². The van der Waals surface area contributed by atoms with Crippen molar-refractivity contribution in [1.29, 1.82) is 0 Å². The van der Waals surface area contributed by atoms with Gasteiger partial charge in [0, 0.05) is 18.7 Å². The highest BCUT2D eigenvalue weighted by Gasteiger charge is 2.23. The summed E-state index contributed by atoms with van der Waals surface area (Å²) in [6.07, 6.45) is 2.41. The Labute approximate surface area is 168 Å². The molecular weight excluding hydrogens is 384 g/mol. The van der Waals surface area contributed by atoms with Crippen LogP contribution in [0.5, 0.6) is 0 Å². The summed E-state index contributed by atoms with van der Waals surface area (Å²) in [6, 6.07) is 14.8. The zero-order chi connectivity index (χ0) is 19.2. The molecule has 1 saturated heterocycles. The van der Waals surface area contributed by atoms with Gasteiger partial charge in [-0.25, -0.2) is 0 Å². The van der Waals surface area contributed by atoms with Crippen LogP contribution < -0.4 is 10.6 Å². The molecule has 1 atom stereocenters. The smallest absolute Gasteiger partial charge is 0.271 e. The molecule has 0 aliphatic carbocycles. The second-order valence-electron chi connectivity index (χ2n) is 6.43. The number of hydrogen-bond donors (Lipinski definition) is 2. The zero-order valence-electron chi connectivity index (χ0n) is 14.7. The topological polar surface area (TPSA) is 70.4 Å². The molecule has 3 rings (SSSR count). The van der Waals surface area contributed by atoms with Gasteiger partial charge in [0.15, 0.2) is 5.11 Å². The van der Waals surface area contributed by atoms with Crippen molar-refractivity contribution in [2.75, 3.05) is 25.0 Å². The summed E-state index contributed by atoms with van der Waals surface area (Å²) in [4.78, 5) is 12.9. The lowest BCUT2D eigenvalue weighted by molar-refractivity contribution is -0.384. The molecule has 6 nitrogen and oxygen atoms in total. The molecule has 2 aromatic rings. The summed E-state index contributed by atoms with van der Waals surface area (Å²) < 4.78 is 0. The second-order valence-corrected chi connectivity index (χ2v) is 7.24. The van der Waals surface area contributed by atoms with Crippen LogP contribution in [-0.4, -0.2) is 34.6 Å². The van der Waals surface area contributed by atoms with Crippen molar-refractivity contribution in [3.8, 4) is 0 Å². The van der Waals surface area contributed by atoms with E-state index in [1.165, 1.54) is 36.6 Å². The van der Waals surface area contributed by atoms with Crippen molar-refractivity contribution < 1.29 is 4.92 Å². The number of nitrogens with one attached hydrogen (secondary N) is 2. The van der Waals surface area contributed by atoms with Gasteiger partial charge in [-0.15, -0.1) is 0 Å². The quantitative estimate of drug-likeness (QED) is 0.423. The van der Waals surface area contributed by atoms with Gasteiger partial charge in [0.1, 0.15) is 0 Å². The fourth-order valence-corrected chi connectivity index (χ4v) is 3.62. The highest BCUT2D eigenvalue weighted by Crippen LogP contribution is 2.27. The first-order valence-corrected chi connectivity index (χ1v) is 9.61. The Hall–Kier alpha value is -2.22. The van der Waals surface area contributed by atoms with Crippen LogP contribution in [0.2, 0.25) is 5.02 Å². The van der Waals surface area contributed by atoms with Gasteiger partial charge in [0.25, 0.3) is 5.69 Å². The van der Waals surface area contributed by atoms with Gasteiger partial charge < -0.3 is 10.6 Å². The lowest BCUT2D eigenvalue weighted by Gasteiger charge is -2.28. The Balaban J connectivity index is 1.66. The van der Waals surface area contributed by atoms with Crippen molar-refractivity contribution in [3.05, 3.63) is 69.2 Å². The molecule has 0 saturated carbocycles. The first-order valence-electron chi connectivity index (χ1n) is 8.82. The van der Waals surface area contributed by atoms with Gasteiger partial charge in [-0.3, -0.25) is 15.0 Å². The molecule has 27 heavy (non-hydrogen) atoms. The normalized spacial score (nSPS) is 15.3. The summed E-state index contributed by atoms with van der Waals surface area (Å²) in [6.45, 7) is 2.78. The number of anilines is 1. The molecule has 8 heteroatoms. The van der Waals surface area contributed by atoms with E-state index in [-0.39, 0.29) is 11.7 Å². The fourth-order valence-electron chi connectivity index (χ4n) is 3.26. The molecule has 0 bridgehead atoms. The summed E-state index contributed by atoms with van der Waals surface area (Å²) in [5.74, 6) is 0. The molecule has 1 aliphatic heterocycles. The molecule has 1 heterocycles. The molecule has 1 fully saturated rings. The van der Waals surface area contributed by atoms with E-state index in [2.05, 4.69) is 27.7 Å². The highest BCUT2D eigenvalue weighted by molar-refractivity contribution is 7.80. The number of thiocarbonyl (C=S) groups is 1. The second kappa shape index (κ2) is 9.12. The van der Waals surface area contributed by atoms with Crippen LogP contribution in [0.3, 0.4) is 0 Å². The maximum absolute atomic E-state index is 10.9. The van der Waals surface area contributed by atoms with Crippen molar-refractivity contribution in [2.24, 2.45) is 0 Å². The Morgan fingerprint density at radius 1 is 1.22 bits per heavy atom. The van der Waals surface area contributed by atoms with Crippen LogP contribution in [0.15, 0.2) is 48.5 Å². The molecule has 0 amide bonds. The van der Waals surface area contributed by atoms with Crippen LogP contribution in [0.1, 0.15) is 24.4 Å². The highest BCUT2D eigenvalue weighted by atomic mass is 35.5. The van der Waals surface area contributed by atoms with Gasteiger partial charge in [0.2, 0.25) is 0 Å². The third-order valence-corrected chi connectivity index (χ3v) is 5.21. The van der Waals surface area contributed by atoms with Crippen LogP contribution >= 0.6 is 23.8 Å². The summed E-state index contributed by atoms with van der Waals surface area (Å²) in [7, 11) is 0. The monoisotopic (exact) mass is 404 g/mol. The summed E-state index contributed by atoms with van der Waals surface area (Å²) in [5, 5.41) is 17.9. The third-order valence-electron chi connectivity index (χ3n) is 4.63. The first kappa shape index (κ1) is 19.5. The molecular formula is C19H21ClN4O2S. The molecule has 0 spiro atoms. The minimum Gasteiger partial charge on any atom is -0.361 e. The SMILES string of the molecule is O=[N+]([O-])c1ccc(Cl)c(NC(=S)NC[C@@H](c2ccccc2)N2CCCC2)c1. The van der Waals surface area contributed by atoms with E-state index in [1.54, 1.807) is 0 Å². The van der Waals surface area contributed by atoms with Crippen molar-refractivity contribution >= 4 is 40.3 Å². The van der Waals surface area contributed by atoms with E-state index in [9.17, 15) is 10.1 Å². The van der Waals surface area contributed by atoms with E-state index < -0.39 is 4.92 Å². The largest absolute Gasteiger partial charge is 0.361 e. The lowest BCUT2D eigenvalue weighted by atomic mass is 10.1. The maximum atomic E-state index is 10.9. The van der Waals surface area contributed by atoms with E-state index in [1.807, 2.05) is 18.2 Å². The summed E-state index contributed by atoms with van der Waals surface area (Å²) in [5.41, 5.74) is 1.62. The number of likely N-dealkylation sites (tertiary alicyclic amines) is 1. The van der Waals surface area contributed by atoms with Crippen molar-refractivity contribution in [1.82, 2.24) is 10.2 Å². The predicted molar refractivity (Wildman–Crippen MR) is 112 cm³/mol. The lowest BCUT2D eigenvalue weighted by Crippen LogP contribution is -2.38. The number of hydrogen-bond acceptors (Lipinski definition) is 4. The van der Waals surface area contributed by atoms with Crippen LogP contribution in [0, 0.1) is 10.1 Å². The van der Waals surface area contributed by atoms with Crippen LogP contribution in [0.4, 0.5) is 11.4 Å². The standard InChI is InChI=1S/C19H21ClN4O2S/c20-16-9-8-15(24(25)26)12-17(16)22-19(27)21-13-18(23-10-4-5-11-23)14-6-2-1-3-7-14/h1-3,6-9,12,18H,4-5,10-11,13H2,(H2,21,22,27)/t18-/m0/s1. The molecule has 0 aromatic heterocycles. The van der Waals surface area contributed by atoms with E-state index in [0.29, 0.717) is 22.4 Å². The molecule has 2 N–H and O–H groups in total. The molecule has 2 aromatic carbocycles. The Bertz CT molecular complexity index is 813. The van der Waals surface area contributed by atoms with Crippen molar-refractivity contribution in [2.45, 2.75) is 18.9 Å². The average molecular weight is 405 g/mol. The first-order chi connectivity index (χ1) is 13.0. The zero-order valence-corrected chi connectivity index (χ0v) is 16.3. The van der Waals surface area contributed by atoms with Gasteiger partial charge >= 0.3 is 0 Å². The number of nitrogens with zero attached hydrogens (tertiary/aromatic N) is 2. The number of halogens is 1.